The predicted octanol–water partition coefficient (Wildman–Crippen LogP) is 2.78. The molecule has 0 spiro atoms. The molecular formula is C19H15N2O4-. The Bertz CT molecular complexity index is 906. The number of rotatable bonds is 3. The summed E-state index contributed by atoms with van der Waals surface area (Å²) in [5, 5.41) is 26.0. The van der Waals surface area contributed by atoms with E-state index in [0.29, 0.717) is 5.56 Å². The van der Waals surface area contributed by atoms with Crippen molar-refractivity contribution in [2.75, 3.05) is 5.32 Å². The summed E-state index contributed by atoms with van der Waals surface area (Å²) < 4.78 is 0. The molecule has 0 amide bonds. The molecule has 6 nitrogen and oxygen atoms in total. The van der Waals surface area contributed by atoms with Gasteiger partial charge in [-0.05, 0) is 35.6 Å². The molecule has 2 aromatic carbocycles. The van der Waals surface area contributed by atoms with Crippen molar-refractivity contribution in [3.05, 3.63) is 81.4 Å². The van der Waals surface area contributed by atoms with Gasteiger partial charge in [0.05, 0.1) is 22.5 Å². The highest BCUT2D eigenvalue weighted by atomic mass is 16.6. The van der Waals surface area contributed by atoms with E-state index in [-0.39, 0.29) is 34.1 Å². The van der Waals surface area contributed by atoms with Crippen molar-refractivity contribution >= 4 is 17.3 Å². The second-order valence-corrected chi connectivity index (χ2v) is 6.38. The Morgan fingerprint density at radius 3 is 2.72 bits per heavy atom. The fourth-order valence-electron chi connectivity index (χ4n) is 3.95. The SMILES string of the molecule is O=C([O-])c1ccc2c(c1)[C@H]1C=CC[C@H]1[C@@H](c1ccccc1[N+](=O)[O-])N2. The number of para-hydroxylation sites is 1. The first-order valence-electron chi connectivity index (χ1n) is 8.08. The minimum atomic E-state index is -1.21. The van der Waals surface area contributed by atoms with Gasteiger partial charge >= 0.3 is 0 Å². The van der Waals surface area contributed by atoms with Crippen LogP contribution in [-0.2, 0) is 0 Å². The van der Waals surface area contributed by atoms with E-state index >= 15 is 0 Å². The van der Waals surface area contributed by atoms with Crippen molar-refractivity contribution in [1.82, 2.24) is 0 Å². The Kier molecular flexibility index (Phi) is 3.53. The molecule has 3 atom stereocenters. The lowest BCUT2D eigenvalue weighted by atomic mass is 9.76. The first-order chi connectivity index (χ1) is 12.1. The number of nitrogens with one attached hydrogen (secondary N) is 1. The molecule has 1 aliphatic heterocycles. The molecule has 1 N–H and O–H groups in total. The smallest absolute Gasteiger partial charge is 0.274 e. The summed E-state index contributed by atoms with van der Waals surface area (Å²) >= 11 is 0. The minimum Gasteiger partial charge on any atom is -0.545 e. The standard InChI is InChI=1S/C19H16N2O4/c22-19(23)11-8-9-16-15(10-11)12-5-3-6-13(12)18(20-16)14-4-1-2-7-17(14)21(24)25/h1-5,7-10,12-13,18,20H,6H2,(H,22,23)/p-1/t12-,13+,18-/m0/s1. The van der Waals surface area contributed by atoms with E-state index in [1.807, 2.05) is 0 Å². The molecule has 0 unspecified atom stereocenters. The Hall–Kier alpha value is -3.15. The summed E-state index contributed by atoms with van der Waals surface area (Å²) in [6.45, 7) is 0. The molecule has 126 valence electrons. The number of aromatic carboxylic acids is 1. The number of fused-ring (bicyclic) bond motifs is 3. The Morgan fingerprint density at radius 2 is 1.96 bits per heavy atom. The number of allylic oxidation sites excluding steroid dienone is 2. The first kappa shape index (κ1) is 15.4. The van der Waals surface area contributed by atoms with E-state index in [9.17, 15) is 20.0 Å². The highest BCUT2D eigenvalue weighted by Gasteiger charge is 2.40. The van der Waals surface area contributed by atoms with Crippen LogP contribution in [0.3, 0.4) is 0 Å². The highest BCUT2D eigenvalue weighted by Crippen LogP contribution is 2.51. The predicted molar refractivity (Wildman–Crippen MR) is 90.2 cm³/mol. The van der Waals surface area contributed by atoms with Crippen LogP contribution in [0.25, 0.3) is 0 Å². The van der Waals surface area contributed by atoms with Gasteiger partial charge in [-0.25, -0.2) is 0 Å². The maximum absolute atomic E-state index is 11.4. The largest absolute Gasteiger partial charge is 0.545 e. The second-order valence-electron chi connectivity index (χ2n) is 6.38. The lowest BCUT2D eigenvalue weighted by Crippen LogP contribution is -2.30. The second kappa shape index (κ2) is 5.73. The number of carbonyl (C=O) groups excluding carboxylic acids is 1. The van der Waals surface area contributed by atoms with E-state index in [4.69, 9.17) is 0 Å². The molecule has 1 aliphatic carbocycles. The Labute approximate surface area is 144 Å². The van der Waals surface area contributed by atoms with Gasteiger partial charge in [0.15, 0.2) is 0 Å². The molecule has 0 saturated carbocycles. The van der Waals surface area contributed by atoms with Crippen molar-refractivity contribution in [1.29, 1.82) is 0 Å². The molecule has 2 aliphatic rings. The van der Waals surface area contributed by atoms with Crippen molar-refractivity contribution in [3.8, 4) is 0 Å². The zero-order valence-electron chi connectivity index (χ0n) is 13.2. The van der Waals surface area contributed by atoms with Crippen molar-refractivity contribution in [2.45, 2.75) is 18.4 Å². The van der Waals surface area contributed by atoms with Crippen LogP contribution in [0.1, 0.15) is 39.9 Å². The van der Waals surface area contributed by atoms with Crippen LogP contribution < -0.4 is 10.4 Å². The molecule has 2 aromatic rings. The van der Waals surface area contributed by atoms with Gasteiger partial charge in [-0.15, -0.1) is 0 Å². The minimum absolute atomic E-state index is 0.0281. The third-order valence-electron chi connectivity index (χ3n) is 5.07. The molecule has 0 fully saturated rings. The normalized spacial score (nSPS) is 23.4. The van der Waals surface area contributed by atoms with Gasteiger partial charge < -0.3 is 15.2 Å². The topological polar surface area (TPSA) is 95.3 Å². The molecule has 4 rings (SSSR count). The quantitative estimate of drug-likeness (QED) is 0.529. The Morgan fingerprint density at radius 1 is 1.16 bits per heavy atom. The van der Waals surface area contributed by atoms with E-state index in [0.717, 1.165) is 17.7 Å². The van der Waals surface area contributed by atoms with Crippen LogP contribution in [0.4, 0.5) is 11.4 Å². The fourth-order valence-corrected chi connectivity index (χ4v) is 3.95. The van der Waals surface area contributed by atoms with Gasteiger partial charge in [-0.1, -0.05) is 36.4 Å². The van der Waals surface area contributed by atoms with Gasteiger partial charge in [0.25, 0.3) is 5.69 Å². The summed E-state index contributed by atoms with van der Waals surface area (Å²) in [5.74, 6) is -1.08. The number of benzene rings is 2. The van der Waals surface area contributed by atoms with E-state index in [2.05, 4.69) is 17.5 Å². The maximum atomic E-state index is 11.4. The number of carbonyl (C=O) groups is 1. The van der Waals surface area contributed by atoms with Gasteiger partial charge in [-0.3, -0.25) is 10.1 Å². The van der Waals surface area contributed by atoms with Crippen LogP contribution in [0, 0.1) is 16.0 Å². The molecule has 0 radical (unpaired) electrons. The number of nitro groups is 1. The number of anilines is 1. The Balaban J connectivity index is 1.81. The van der Waals surface area contributed by atoms with E-state index < -0.39 is 5.97 Å². The summed E-state index contributed by atoms with van der Waals surface area (Å²) in [6.07, 6.45) is 4.90. The van der Waals surface area contributed by atoms with Gasteiger partial charge in [0.1, 0.15) is 0 Å². The zero-order valence-corrected chi connectivity index (χ0v) is 13.2. The van der Waals surface area contributed by atoms with E-state index in [1.54, 1.807) is 30.3 Å². The van der Waals surface area contributed by atoms with Crippen molar-refractivity contribution < 1.29 is 14.8 Å². The number of nitro benzene ring substituents is 1. The fraction of sp³-hybridized carbons (Fsp3) is 0.211. The first-order valence-corrected chi connectivity index (χ1v) is 8.08. The van der Waals surface area contributed by atoms with E-state index in [1.165, 1.54) is 12.1 Å². The number of carboxylic acid groups (broad SMARTS) is 1. The molecular weight excluding hydrogens is 320 g/mol. The van der Waals surface area contributed by atoms with Crippen LogP contribution in [-0.4, -0.2) is 10.9 Å². The van der Waals surface area contributed by atoms with Crippen LogP contribution in [0.2, 0.25) is 0 Å². The van der Waals surface area contributed by atoms with Gasteiger partial charge in [-0.2, -0.15) is 0 Å². The number of nitrogens with zero attached hydrogens (tertiary/aromatic N) is 1. The lowest BCUT2D eigenvalue weighted by Gasteiger charge is -2.37. The lowest BCUT2D eigenvalue weighted by molar-refractivity contribution is -0.385. The van der Waals surface area contributed by atoms with Crippen LogP contribution in [0.5, 0.6) is 0 Å². The third-order valence-corrected chi connectivity index (χ3v) is 5.07. The molecule has 0 bridgehead atoms. The number of hydrogen-bond acceptors (Lipinski definition) is 5. The molecule has 25 heavy (non-hydrogen) atoms. The van der Waals surface area contributed by atoms with Crippen LogP contribution in [0.15, 0.2) is 54.6 Å². The summed E-state index contributed by atoms with van der Waals surface area (Å²) in [4.78, 5) is 22.2. The highest BCUT2D eigenvalue weighted by molar-refractivity contribution is 5.87. The van der Waals surface area contributed by atoms with Crippen LogP contribution >= 0.6 is 0 Å². The molecule has 0 aromatic heterocycles. The number of hydrogen-bond donors (Lipinski definition) is 1. The van der Waals surface area contributed by atoms with Gasteiger partial charge in [0.2, 0.25) is 0 Å². The number of carboxylic acids is 1. The molecule has 1 heterocycles. The van der Waals surface area contributed by atoms with Crippen molar-refractivity contribution in [3.63, 3.8) is 0 Å². The summed E-state index contributed by atoms with van der Waals surface area (Å²) in [7, 11) is 0. The monoisotopic (exact) mass is 335 g/mol. The van der Waals surface area contributed by atoms with Gasteiger partial charge in [0, 0.05) is 17.7 Å². The zero-order chi connectivity index (χ0) is 17.6. The molecule has 0 saturated heterocycles. The average Bonchev–Trinajstić information content (AvgIpc) is 3.10. The average molecular weight is 335 g/mol. The summed E-state index contributed by atoms with van der Waals surface area (Å²) in [5.41, 5.74) is 2.60. The molecule has 6 heteroatoms. The summed E-state index contributed by atoms with van der Waals surface area (Å²) in [6, 6.07) is 11.4. The third kappa shape index (κ3) is 2.46. The maximum Gasteiger partial charge on any atom is 0.274 e. The van der Waals surface area contributed by atoms with Crippen molar-refractivity contribution in [2.24, 2.45) is 5.92 Å².